The van der Waals surface area contributed by atoms with E-state index in [1.54, 1.807) is 0 Å². The first-order valence-corrected chi connectivity index (χ1v) is 7.63. The Labute approximate surface area is 132 Å². The summed E-state index contributed by atoms with van der Waals surface area (Å²) in [7, 11) is 0. The van der Waals surface area contributed by atoms with Gasteiger partial charge in [0.15, 0.2) is 6.61 Å². The van der Waals surface area contributed by atoms with E-state index >= 15 is 0 Å². The molecule has 2 aromatic rings. The smallest absolute Gasteiger partial charge is 0.258 e. The molecule has 0 saturated heterocycles. The monoisotopic (exact) mass is 297 g/mol. The summed E-state index contributed by atoms with van der Waals surface area (Å²) in [5, 5.41) is 2.93. The summed E-state index contributed by atoms with van der Waals surface area (Å²) in [5.74, 6) is 1.08. The van der Waals surface area contributed by atoms with Gasteiger partial charge in [0.2, 0.25) is 0 Å². The molecule has 3 heteroatoms. The van der Waals surface area contributed by atoms with Crippen LogP contribution in [0.2, 0.25) is 0 Å². The van der Waals surface area contributed by atoms with Crippen LogP contribution in [-0.2, 0) is 4.79 Å². The van der Waals surface area contributed by atoms with Gasteiger partial charge in [-0.05, 0) is 36.1 Å². The third-order valence-electron chi connectivity index (χ3n) is 3.59. The van der Waals surface area contributed by atoms with Crippen molar-refractivity contribution in [2.24, 2.45) is 0 Å². The quantitative estimate of drug-likeness (QED) is 0.873. The van der Waals surface area contributed by atoms with Crippen LogP contribution in [0.5, 0.6) is 5.75 Å². The molecule has 22 heavy (non-hydrogen) atoms. The van der Waals surface area contributed by atoms with E-state index in [9.17, 15) is 4.79 Å². The lowest BCUT2D eigenvalue weighted by Gasteiger charge is -2.15. The molecule has 2 aromatic carbocycles. The number of hydrogen-bond acceptors (Lipinski definition) is 2. The predicted molar refractivity (Wildman–Crippen MR) is 89.0 cm³/mol. The van der Waals surface area contributed by atoms with E-state index in [2.05, 4.69) is 19.2 Å². The second-order valence-electron chi connectivity index (χ2n) is 5.71. The highest BCUT2D eigenvalue weighted by atomic mass is 16.5. The van der Waals surface area contributed by atoms with Crippen LogP contribution >= 0.6 is 0 Å². The minimum Gasteiger partial charge on any atom is -0.484 e. The Balaban J connectivity index is 1.82. The molecular formula is C19H23NO2. The third kappa shape index (κ3) is 4.62. The van der Waals surface area contributed by atoms with Crippen LogP contribution in [0.1, 0.15) is 43.9 Å². The Hall–Kier alpha value is -2.29. The second kappa shape index (κ2) is 7.64. The minimum absolute atomic E-state index is 0.0260. The van der Waals surface area contributed by atoms with Gasteiger partial charge in [0, 0.05) is 0 Å². The molecule has 0 heterocycles. The van der Waals surface area contributed by atoms with Crippen molar-refractivity contribution in [2.45, 2.75) is 32.7 Å². The molecule has 0 aliphatic rings. The van der Waals surface area contributed by atoms with E-state index in [0.29, 0.717) is 11.7 Å². The summed E-state index contributed by atoms with van der Waals surface area (Å²) >= 11 is 0. The maximum absolute atomic E-state index is 11.9. The van der Waals surface area contributed by atoms with Crippen molar-refractivity contribution < 1.29 is 9.53 Å². The van der Waals surface area contributed by atoms with E-state index in [4.69, 9.17) is 4.74 Å². The molecule has 0 bridgehead atoms. The summed E-state index contributed by atoms with van der Waals surface area (Å²) in [6.45, 7) is 6.28. The van der Waals surface area contributed by atoms with Crippen molar-refractivity contribution in [3.63, 3.8) is 0 Å². The highest BCUT2D eigenvalue weighted by molar-refractivity contribution is 5.78. The third-order valence-corrected chi connectivity index (χ3v) is 3.59. The summed E-state index contributed by atoms with van der Waals surface area (Å²) in [5.41, 5.74) is 2.34. The van der Waals surface area contributed by atoms with Crippen molar-refractivity contribution in [3.05, 3.63) is 65.7 Å². The maximum Gasteiger partial charge on any atom is 0.258 e. The van der Waals surface area contributed by atoms with Gasteiger partial charge < -0.3 is 10.1 Å². The molecule has 1 N–H and O–H groups in total. The van der Waals surface area contributed by atoms with E-state index in [0.717, 1.165) is 5.56 Å². The van der Waals surface area contributed by atoms with Crippen LogP contribution in [0.15, 0.2) is 54.6 Å². The zero-order chi connectivity index (χ0) is 15.9. The zero-order valence-electron chi connectivity index (χ0n) is 13.4. The van der Waals surface area contributed by atoms with Crippen molar-refractivity contribution in [1.29, 1.82) is 0 Å². The number of carbonyl (C=O) groups excluding carboxylic acids is 1. The number of benzene rings is 2. The summed E-state index contributed by atoms with van der Waals surface area (Å²) in [6.07, 6.45) is 0. The Morgan fingerprint density at radius 3 is 2.18 bits per heavy atom. The Kier molecular flexibility index (Phi) is 5.59. The average Bonchev–Trinajstić information content (AvgIpc) is 2.54. The molecule has 3 nitrogen and oxygen atoms in total. The first-order valence-electron chi connectivity index (χ1n) is 7.63. The highest BCUT2D eigenvalue weighted by Gasteiger charge is 2.09. The fourth-order valence-corrected chi connectivity index (χ4v) is 2.21. The Morgan fingerprint density at radius 1 is 0.955 bits per heavy atom. The Bertz CT molecular complexity index is 591. The molecule has 0 saturated carbocycles. The molecule has 0 aliphatic heterocycles. The SMILES string of the molecule is CC(C)c1ccc(OCC(=O)N[C@@H](C)c2ccccc2)cc1. The van der Waals surface area contributed by atoms with Crippen LogP contribution in [0.3, 0.4) is 0 Å². The molecule has 0 aliphatic carbocycles. The fraction of sp³-hybridized carbons (Fsp3) is 0.316. The lowest BCUT2D eigenvalue weighted by Crippen LogP contribution is -2.31. The summed E-state index contributed by atoms with van der Waals surface area (Å²) in [6, 6.07) is 17.7. The molecule has 2 rings (SSSR count). The molecule has 0 unspecified atom stereocenters. The van der Waals surface area contributed by atoms with Gasteiger partial charge in [-0.1, -0.05) is 56.3 Å². The number of hydrogen-bond donors (Lipinski definition) is 1. The second-order valence-corrected chi connectivity index (χ2v) is 5.71. The maximum atomic E-state index is 11.9. The highest BCUT2D eigenvalue weighted by Crippen LogP contribution is 2.18. The first-order chi connectivity index (χ1) is 10.6. The number of ether oxygens (including phenoxy) is 1. The van der Waals surface area contributed by atoms with Gasteiger partial charge in [-0.15, -0.1) is 0 Å². The molecule has 0 radical (unpaired) electrons. The van der Waals surface area contributed by atoms with Crippen molar-refractivity contribution in [1.82, 2.24) is 5.32 Å². The van der Waals surface area contributed by atoms with Gasteiger partial charge in [-0.2, -0.15) is 0 Å². The Morgan fingerprint density at radius 2 is 1.59 bits per heavy atom. The van der Waals surface area contributed by atoms with Gasteiger partial charge in [0.1, 0.15) is 5.75 Å². The lowest BCUT2D eigenvalue weighted by atomic mass is 10.0. The number of amides is 1. The fourth-order valence-electron chi connectivity index (χ4n) is 2.21. The molecular weight excluding hydrogens is 274 g/mol. The van der Waals surface area contributed by atoms with Gasteiger partial charge >= 0.3 is 0 Å². The van der Waals surface area contributed by atoms with Crippen LogP contribution in [0, 0.1) is 0 Å². The molecule has 1 amide bonds. The van der Waals surface area contributed by atoms with Gasteiger partial charge in [0.25, 0.3) is 5.91 Å². The van der Waals surface area contributed by atoms with E-state index in [1.807, 2.05) is 61.5 Å². The number of rotatable bonds is 6. The van der Waals surface area contributed by atoms with E-state index in [-0.39, 0.29) is 18.6 Å². The van der Waals surface area contributed by atoms with Crippen LogP contribution in [0.25, 0.3) is 0 Å². The normalized spacial score (nSPS) is 12.0. The van der Waals surface area contributed by atoms with Crippen LogP contribution in [-0.4, -0.2) is 12.5 Å². The van der Waals surface area contributed by atoms with Gasteiger partial charge in [-0.25, -0.2) is 0 Å². The average molecular weight is 297 g/mol. The summed E-state index contributed by atoms with van der Waals surface area (Å²) < 4.78 is 5.53. The molecule has 1 atom stereocenters. The minimum atomic E-state index is -0.121. The van der Waals surface area contributed by atoms with Crippen molar-refractivity contribution in [2.75, 3.05) is 6.61 Å². The largest absolute Gasteiger partial charge is 0.484 e. The topological polar surface area (TPSA) is 38.3 Å². The van der Waals surface area contributed by atoms with Crippen LogP contribution in [0.4, 0.5) is 0 Å². The van der Waals surface area contributed by atoms with Crippen LogP contribution < -0.4 is 10.1 Å². The van der Waals surface area contributed by atoms with E-state index in [1.165, 1.54) is 5.56 Å². The lowest BCUT2D eigenvalue weighted by molar-refractivity contribution is -0.123. The summed E-state index contributed by atoms with van der Waals surface area (Å²) in [4.78, 5) is 11.9. The van der Waals surface area contributed by atoms with Gasteiger partial charge in [-0.3, -0.25) is 4.79 Å². The first kappa shape index (κ1) is 16.1. The van der Waals surface area contributed by atoms with E-state index < -0.39 is 0 Å². The predicted octanol–water partition coefficient (Wildman–Crippen LogP) is 4.07. The molecule has 0 spiro atoms. The number of nitrogens with one attached hydrogen (secondary N) is 1. The molecule has 0 fully saturated rings. The van der Waals surface area contributed by atoms with Crippen molar-refractivity contribution in [3.8, 4) is 5.75 Å². The van der Waals surface area contributed by atoms with Crippen molar-refractivity contribution >= 4 is 5.91 Å². The zero-order valence-corrected chi connectivity index (χ0v) is 13.4. The standard InChI is InChI=1S/C19H23NO2/c1-14(2)16-9-11-18(12-10-16)22-13-19(21)20-15(3)17-7-5-4-6-8-17/h4-12,14-15H,13H2,1-3H3,(H,20,21)/t15-/m0/s1. The molecule has 0 aromatic heterocycles. The van der Waals surface area contributed by atoms with Gasteiger partial charge in [0.05, 0.1) is 6.04 Å². The molecule has 116 valence electrons. The number of carbonyl (C=O) groups is 1.